The Balaban J connectivity index is 1.77. The molecule has 0 aromatic heterocycles. The van der Waals surface area contributed by atoms with Crippen LogP contribution in [0.2, 0.25) is 0 Å². The fourth-order valence-electron chi connectivity index (χ4n) is 2.37. The van der Waals surface area contributed by atoms with Gasteiger partial charge in [-0.2, -0.15) is 0 Å². The zero-order valence-electron chi connectivity index (χ0n) is 15.9. The maximum Gasteiger partial charge on any atom is 0.573 e. The lowest BCUT2D eigenvalue weighted by atomic mass is 10.2. The molecule has 0 saturated heterocycles. The molecule has 0 aliphatic rings. The first-order chi connectivity index (χ1) is 13.6. The molecule has 29 heavy (non-hydrogen) atoms. The Labute approximate surface area is 170 Å². The van der Waals surface area contributed by atoms with Gasteiger partial charge in [-0.3, -0.25) is 0 Å². The highest BCUT2D eigenvalue weighted by Crippen LogP contribution is 2.28. The third-order valence-corrected chi connectivity index (χ3v) is 4.71. The number of carboxylic acids is 1. The van der Waals surface area contributed by atoms with E-state index in [4.69, 9.17) is 14.6 Å². The molecule has 0 aliphatic carbocycles. The Morgan fingerprint density at radius 2 is 1.79 bits per heavy atom. The molecule has 2 aromatic carbocycles. The lowest BCUT2D eigenvalue weighted by molar-refractivity contribution is -0.274. The summed E-state index contributed by atoms with van der Waals surface area (Å²) in [4.78, 5) is 11.6. The second-order valence-corrected chi connectivity index (χ2v) is 7.36. The molecule has 158 valence electrons. The quantitative estimate of drug-likeness (QED) is 0.516. The van der Waals surface area contributed by atoms with Crippen molar-refractivity contribution in [3.8, 4) is 17.2 Å². The molecule has 1 N–H and O–H groups in total. The molecule has 1 atom stereocenters. The number of aryl methyl sites for hydroxylation is 1. The van der Waals surface area contributed by atoms with E-state index in [0.717, 1.165) is 22.6 Å². The standard InChI is InChI=1S/C20H21F3O5S/c1-13-11-17(7-8-18(13)26-12-19(24)25)29-10-9-14(2)27-15-3-5-16(6-4-15)28-20(21,22)23/h3-8,11,14H,9-10,12H2,1-2H3,(H,24,25). The van der Waals surface area contributed by atoms with Crippen molar-refractivity contribution < 1.29 is 37.3 Å². The fraction of sp³-hybridized carbons (Fsp3) is 0.350. The number of ether oxygens (including phenoxy) is 3. The predicted octanol–water partition coefficient (Wildman–Crippen LogP) is 5.31. The smallest absolute Gasteiger partial charge is 0.491 e. The molecule has 9 heteroatoms. The van der Waals surface area contributed by atoms with Crippen molar-refractivity contribution in [1.29, 1.82) is 0 Å². The summed E-state index contributed by atoms with van der Waals surface area (Å²) in [5, 5.41) is 8.66. The summed E-state index contributed by atoms with van der Waals surface area (Å²) >= 11 is 1.62. The molecule has 0 heterocycles. The van der Waals surface area contributed by atoms with Crippen LogP contribution in [0.4, 0.5) is 13.2 Å². The van der Waals surface area contributed by atoms with E-state index in [-0.39, 0.29) is 18.5 Å². The Bertz CT molecular complexity index is 809. The Morgan fingerprint density at radius 3 is 2.38 bits per heavy atom. The van der Waals surface area contributed by atoms with Crippen LogP contribution in [-0.2, 0) is 4.79 Å². The highest BCUT2D eigenvalue weighted by Gasteiger charge is 2.31. The number of thioether (sulfide) groups is 1. The normalized spacial score (nSPS) is 12.3. The van der Waals surface area contributed by atoms with Crippen molar-refractivity contribution >= 4 is 17.7 Å². The minimum absolute atomic E-state index is 0.129. The number of carbonyl (C=O) groups is 1. The Kier molecular flexibility index (Phi) is 8.07. The van der Waals surface area contributed by atoms with Gasteiger partial charge in [-0.1, -0.05) is 0 Å². The van der Waals surface area contributed by atoms with E-state index < -0.39 is 12.3 Å². The molecule has 2 rings (SSSR count). The topological polar surface area (TPSA) is 65.0 Å². The van der Waals surface area contributed by atoms with Crippen LogP contribution in [0.1, 0.15) is 18.9 Å². The summed E-state index contributed by atoms with van der Waals surface area (Å²) < 4.78 is 51.2. The van der Waals surface area contributed by atoms with Crippen LogP contribution >= 0.6 is 11.8 Å². The predicted molar refractivity (Wildman–Crippen MR) is 103 cm³/mol. The average molecular weight is 430 g/mol. The molecule has 0 saturated carbocycles. The summed E-state index contributed by atoms with van der Waals surface area (Å²) in [5.41, 5.74) is 0.849. The first-order valence-corrected chi connectivity index (χ1v) is 9.71. The van der Waals surface area contributed by atoms with Crippen LogP contribution in [0.25, 0.3) is 0 Å². The van der Waals surface area contributed by atoms with Gasteiger partial charge in [-0.25, -0.2) is 4.79 Å². The van der Waals surface area contributed by atoms with Gasteiger partial charge in [-0.15, -0.1) is 24.9 Å². The van der Waals surface area contributed by atoms with Gasteiger partial charge in [-0.05, 0) is 68.3 Å². The van der Waals surface area contributed by atoms with Gasteiger partial charge in [0.05, 0.1) is 6.10 Å². The number of aliphatic carboxylic acids is 1. The van der Waals surface area contributed by atoms with E-state index in [0.29, 0.717) is 11.5 Å². The molecule has 0 fully saturated rings. The first-order valence-electron chi connectivity index (χ1n) is 8.73. The summed E-state index contributed by atoms with van der Waals surface area (Å²) in [7, 11) is 0. The molecule has 5 nitrogen and oxygen atoms in total. The average Bonchev–Trinajstić information content (AvgIpc) is 2.61. The van der Waals surface area contributed by atoms with Gasteiger partial charge in [0.2, 0.25) is 0 Å². The van der Waals surface area contributed by atoms with Crippen molar-refractivity contribution in [2.24, 2.45) is 0 Å². The SMILES string of the molecule is Cc1cc(SCCC(C)Oc2ccc(OC(F)(F)F)cc2)ccc1OCC(=O)O. The number of hydrogen-bond acceptors (Lipinski definition) is 5. The number of halogens is 3. The van der Waals surface area contributed by atoms with Crippen molar-refractivity contribution in [3.63, 3.8) is 0 Å². The summed E-state index contributed by atoms with van der Waals surface area (Å²) in [6.45, 7) is 3.35. The molecule has 0 bridgehead atoms. The summed E-state index contributed by atoms with van der Waals surface area (Å²) in [6, 6.07) is 10.8. The highest BCUT2D eigenvalue weighted by atomic mass is 32.2. The van der Waals surface area contributed by atoms with Crippen LogP contribution < -0.4 is 14.2 Å². The Hall–Kier alpha value is -2.55. The van der Waals surface area contributed by atoms with E-state index in [1.165, 1.54) is 24.3 Å². The second kappa shape index (κ2) is 10.3. The van der Waals surface area contributed by atoms with E-state index in [1.807, 2.05) is 26.0 Å². The third-order valence-electron chi connectivity index (χ3n) is 3.69. The lowest BCUT2D eigenvalue weighted by Gasteiger charge is -2.15. The lowest BCUT2D eigenvalue weighted by Crippen LogP contribution is -2.17. The Morgan fingerprint density at radius 1 is 1.14 bits per heavy atom. The van der Waals surface area contributed by atoms with Gasteiger partial charge < -0.3 is 19.3 Å². The van der Waals surface area contributed by atoms with Crippen molar-refractivity contribution in [2.75, 3.05) is 12.4 Å². The van der Waals surface area contributed by atoms with Crippen LogP contribution in [0.15, 0.2) is 47.4 Å². The molecule has 0 spiro atoms. The molecular weight excluding hydrogens is 409 g/mol. The largest absolute Gasteiger partial charge is 0.573 e. The zero-order chi connectivity index (χ0) is 21.4. The van der Waals surface area contributed by atoms with Crippen LogP contribution in [0.3, 0.4) is 0 Å². The minimum Gasteiger partial charge on any atom is -0.491 e. The van der Waals surface area contributed by atoms with Gasteiger partial charge in [0.15, 0.2) is 6.61 Å². The zero-order valence-corrected chi connectivity index (χ0v) is 16.7. The maximum absolute atomic E-state index is 12.2. The number of rotatable bonds is 10. The summed E-state index contributed by atoms with van der Waals surface area (Å²) in [6.07, 6.45) is -4.12. The van der Waals surface area contributed by atoms with Gasteiger partial charge in [0, 0.05) is 10.6 Å². The van der Waals surface area contributed by atoms with Crippen molar-refractivity contribution in [1.82, 2.24) is 0 Å². The maximum atomic E-state index is 12.2. The van der Waals surface area contributed by atoms with E-state index >= 15 is 0 Å². The molecule has 0 amide bonds. The van der Waals surface area contributed by atoms with Gasteiger partial charge in [0.1, 0.15) is 17.2 Å². The van der Waals surface area contributed by atoms with Crippen LogP contribution in [0, 0.1) is 6.92 Å². The van der Waals surface area contributed by atoms with E-state index in [1.54, 1.807) is 17.8 Å². The minimum atomic E-state index is -4.72. The van der Waals surface area contributed by atoms with E-state index in [9.17, 15) is 18.0 Å². The molecule has 0 radical (unpaired) electrons. The van der Waals surface area contributed by atoms with Gasteiger partial charge >= 0.3 is 12.3 Å². The van der Waals surface area contributed by atoms with Crippen LogP contribution in [0.5, 0.6) is 17.2 Å². The first kappa shape index (κ1) is 22.7. The fourth-order valence-corrected chi connectivity index (χ4v) is 3.48. The molecule has 2 aromatic rings. The van der Waals surface area contributed by atoms with E-state index in [2.05, 4.69) is 4.74 Å². The number of benzene rings is 2. The number of alkyl halides is 3. The molecular formula is C20H21F3O5S. The third kappa shape index (κ3) is 8.55. The van der Waals surface area contributed by atoms with Crippen molar-refractivity contribution in [3.05, 3.63) is 48.0 Å². The highest BCUT2D eigenvalue weighted by molar-refractivity contribution is 7.99. The molecule has 0 aliphatic heterocycles. The van der Waals surface area contributed by atoms with Crippen LogP contribution in [-0.4, -0.2) is 35.9 Å². The second-order valence-electron chi connectivity index (χ2n) is 6.19. The van der Waals surface area contributed by atoms with Crippen molar-refractivity contribution in [2.45, 2.75) is 37.6 Å². The molecule has 1 unspecified atom stereocenters. The van der Waals surface area contributed by atoms with Gasteiger partial charge in [0.25, 0.3) is 0 Å². The monoisotopic (exact) mass is 430 g/mol. The number of hydrogen-bond donors (Lipinski definition) is 1. The number of carboxylic acid groups (broad SMARTS) is 1. The summed E-state index contributed by atoms with van der Waals surface area (Å²) in [5.74, 6) is 0.448.